The molecule has 4 nitrogen and oxygen atoms in total. The van der Waals surface area contributed by atoms with E-state index in [4.69, 9.17) is 4.74 Å². The second-order valence-electron chi connectivity index (χ2n) is 3.87. The summed E-state index contributed by atoms with van der Waals surface area (Å²) < 4.78 is 5.37. The van der Waals surface area contributed by atoms with E-state index >= 15 is 0 Å². The number of aromatic nitrogens is 1. The zero-order valence-electron chi connectivity index (χ0n) is 10.8. The number of ether oxygens (including phenoxy) is 1. The van der Waals surface area contributed by atoms with Crippen LogP contribution in [0.3, 0.4) is 0 Å². The van der Waals surface area contributed by atoms with E-state index in [1.807, 2.05) is 49.5 Å². The van der Waals surface area contributed by atoms with Gasteiger partial charge in [0.05, 0.1) is 12.8 Å². The zero-order chi connectivity index (χ0) is 13.0. The number of anilines is 2. The number of benzene rings is 1. The Morgan fingerprint density at radius 2 is 2.17 bits per heavy atom. The van der Waals surface area contributed by atoms with Crippen molar-refractivity contribution in [2.75, 3.05) is 26.1 Å². The van der Waals surface area contributed by atoms with Gasteiger partial charge in [0.15, 0.2) is 5.13 Å². The molecular weight excluding hydrogens is 246 g/mol. The molecule has 0 atom stereocenters. The standard InChI is InChI=1S/C13H17N3OS/c1-14-8-10-9-15-13(18-10)16(2)11-6-4-5-7-12(11)17-3/h4-7,9,14H,8H2,1-3H3. The van der Waals surface area contributed by atoms with Gasteiger partial charge < -0.3 is 15.0 Å². The Morgan fingerprint density at radius 1 is 1.39 bits per heavy atom. The highest BCUT2D eigenvalue weighted by atomic mass is 32.1. The van der Waals surface area contributed by atoms with E-state index < -0.39 is 0 Å². The lowest BCUT2D eigenvalue weighted by Gasteiger charge is -2.18. The minimum Gasteiger partial charge on any atom is -0.495 e. The molecular formula is C13H17N3OS. The van der Waals surface area contributed by atoms with E-state index in [0.717, 1.165) is 23.1 Å². The second kappa shape index (κ2) is 5.84. The van der Waals surface area contributed by atoms with Gasteiger partial charge in [-0.1, -0.05) is 12.1 Å². The maximum absolute atomic E-state index is 5.37. The molecule has 0 bridgehead atoms. The van der Waals surface area contributed by atoms with Crippen molar-refractivity contribution in [3.8, 4) is 5.75 Å². The molecule has 2 rings (SSSR count). The van der Waals surface area contributed by atoms with Gasteiger partial charge in [0.2, 0.25) is 0 Å². The van der Waals surface area contributed by atoms with Crippen molar-refractivity contribution in [3.05, 3.63) is 35.3 Å². The van der Waals surface area contributed by atoms with Crippen LogP contribution in [0.25, 0.3) is 0 Å². The van der Waals surface area contributed by atoms with Crippen LogP contribution in [-0.4, -0.2) is 26.2 Å². The van der Waals surface area contributed by atoms with Gasteiger partial charge in [-0.25, -0.2) is 4.98 Å². The molecule has 1 heterocycles. The summed E-state index contributed by atoms with van der Waals surface area (Å²) in [5, 5.41) is 4.09. The summed E-state index contributed by atoms with van der Waals surface area (Å²) in [6.07, 6.45) is 1.91. The second-order valence-corrected chi connectivity index (χ2v) is 4.96. The lowest BCUT2D eigenvalue weighted by atomic mass is 10.3. The van der Waals surface area contributed by atoms with Crippen molar-refractivity contribution in [3.63, 3.8) is 0 Å². The van der Waals surface area contributed by atoms with Crippen LogP contribution in [0, 0.1) is 0 Å². The molecule has 0 unspecified atom stereocenters. The number of methoxy groups -OCH3 is 1. The summed E-state index contributed by atoms with van der Waals surface area (Å²) in [6, 6.07) is 7.94. The number of para-hydroxylation sites is 2. The van der Waals surface area contributed by atoms with E-state index in [1.165, 1.54) is 4.88 Å². The molecule has 18 heavy (non-hydrogen) atoms. The lowest BCUT2D eigenvalue weighted by molar-refractivity contribution is 0.415. The summed E-state index contributed by atoms with van der Waals surface area (Å²) >= 11 is 1.68. The summed E-state index contributed by atoms with van der Waals surface area (Å²) in [4.78, 5) is 7.70. The first-order chi connectivity index (χ1) is 8.76. The first-order valence-corrected chi connectivity index (χ1v) is 6.54. The van der Waals surface area contributed by atoms with Gasteiger partial charge in [-0.3, -0.25) is 0 Å². The highest BCUT2D eigenvalue weighted by Crippen LogP contribution is 2.34. The highest BCUT2D eigenvalue weighted by Gasteiger charge is 2.12. The Kier molecular flexibility index (Phi) is 4.17. The van der Waals surface area contributed by atoms with E-state index in [9.17, 15) is 0 Å². The predicted octanol–water partition coefficient (Wildman–Crippen LogP) is 2.64. The third-order valence-corrected chi connectivity index (χ3v) is 3.70. The fourth-order valence-corrected chi connectivity index (χ4v) is 2.62. The topological polar surface area (TPSA) is 37.4 Å². The van der Waals surface area contributed by atoms with E-state index in [-0.39, 0.29) is 0 Å². The molecule has 96 valence electrons. The Balaban J connectivity index is 2.26. The first kappa shape index (κ1) is 12.9. The van der Waals surface area contributed by atoms with Crippen LogP contribution in [0.1, 0.15) is 4.88 Å². The van der Waals surface area contributed by atoms with Crippen LogP contribution in [0.15, 0.2) is 30.5 Å². The monoisotopic (exact) mass is 263 g/mol. The van der Waals surface area contributed by atoms with E-state index in [0.29, 0.717) is 0 Å². The maximum Gasteiger partial charge on any atom is 0.189 e. The quantitative estimate of drug-likeness (QED) is 0.900. The molecule has 1 aromatic carbocycles. The summed E-state index contributed by atoms with van der Waals surface area (Å²) in [6.45, 7) is 0.845. The summed E-state index contributed by atoms with van der Waals surface area (Å²) in [5.74, 6) is 0.852. The largest absolute Gasteiger partial charge is 0.495 e. The molecule has 0 aliphatic carbocycles. The van der Waals surface area contributed by atoms with Gasteiger partial charge in [0.1, 0.15) is 5.75 Å². The number of nitrogens with one attached hydrogen (secondary N) is 1. The van der Waals surface area contributed by atoms with Crippen LogP contribution in [0.4, 0.5) is 10.8 Å². The first-order valence-electron chi connectivity index (χ1n) is 5.72. The van der Waals surface area contributed by atoms with Crippen molar-refractivity contribution in [1.82, 2.24) is 10.3 Å². The number of hydrogen-bond donors (Lipinski definition) is 1. The molecule has 0 spiro atoms. The fourth-order valence-electron chi connectivity index (χ4n) is 1.72. The van der Waals surface area contributed by atoms with Gasteiger partial charge >= 0.3 is 0 Å². The molecule has 5 heteroatoms. The van der Waals surface area contributed by atoms with Gasteiger partial charge in [0.25, 0.3) is 0 Å². The minimum absolute atomic E-state index is 0.845. The Bertz CT molecular complexity index is 512. The molecule has 0 radical (unpaired) electrons. The van der Waals surface area contributed by atoms with Crippen molar-refractivity contribution < 1.29 is 4.74 Å². The van der Waals surface area contributed by atoms with Gasteiger partial charge in [-0.2, -0.15) is 0 Å². The molecule has 1 aromatic heterocycles. The predicted molar refractivity (Wildman–Crippen MR) is 75.9 cm³/mol. The van der Waals surface area contributed by atoms with Gasteiger partial charge in [-0.05, 0) is 19.2 Å². The molecule has 0 aliphatic heterocycles. The zero-order valence-corrected chi connectivity index (χ0v) is 11.6. The minimum atomic E-state index is 0.845. The number of nitrogens with zero attached hydrogens (tertiary/aromatic N) is 2. The molecule has 0 saturated carbocycles. The van der Waals surface area contributed by atoms with Gasteiger partial charge in [0, 0.05) is 24.7 Å². The molecule has 2 aromatic rings. The van der Waals surface area contributed by atoms with E-state index in [2.05, 4.69) is 10.3 Å². The van der Waals surface area contributed by atoms with Crippen LogP contribution in [-0.2, 0) is 6.54 Å². The van der Waals surface area contributed by atoms with Crippen LogP contribution in [0.5, 0.6) is 5.75 Å². The Hall–Kier alpha value is -1.59. The van der Waals surface area contributed by atoms with Crippen LogP contribution in [0.2, 0.25) is 0 Å². The average Bonchev–Trinajstić information content (AvgIpc) is 2.87. The normalized spacial score (nSPS) is 10.4. The molecule has 0 aliphatic rings. The molecule has 0 amide bonds. The fraction of sp³-hybridized carbons (Fsp3) is 0.308. The Labute approximate surface area is 111 Å². The molecule has 1 N–H and O–H groups in total. The van der Waals surface area contributed by atoms with Crippen LogP contribution < -0.4 is 15.0 Å². The van der Waals surface area contributed by atoms with Crippen molar-refractivity contribution in [1.29, 1.82) is 0 Å². The van der Waals surface area contributed by atoms with Crippen molar-refractivity contribution in [2.24, 2.45) is 0 Å². The van der Waals surface area contributed by atoms with Gasteiger partial charge in [-0.15, -0.1) is 11.3 Å². The van der Waals surface area contributed by atoms with Crippen molar-refractivity contribution in [2.45, 2.75) is 6.54 Å². The number of thiazole rings is 1. The van der Waals surface area contributed by atoms with Crippen molar-refractivity contribution >= 4 is 22.2 Å². The Morgan fingerprint density at radius 3 is 2.89 bits per heavy atom. The molecule has 0 saturated heterocycles. The van der Waals surface area contributed by atoms with Crippen LogP contribution >= 0.6 is 11.3 Å². The number of rotatable bonds is 5. The third-order valence-electron chi connectivity index (χ3n) is 2.63. The molecule has 0 fully saturated rings. The number of hydrogen-bond acceptors (Lipinski definition) is 5. The third kappa shape index (κ3) is 2.63. The lowest BCUT2D eigenvalue weighted by Crippen LogP contribution is -2.10. The maximum atomic E-state index is 5.37. The van der Waals surface area contributed by atoms with E-state index in [1.54, 1.807) is 18.4 Å². The SMILES string of the molecule is CNCc1cnc(N(C)c2ccccc2OC)s1. The smallest absolute Gasteiger partial charge is 0.189 e. The highest BCUT2D eigenvalue weighted by molar-refractivity contribution is 7.15. The average molecular weight is 263 g/mol. The summed E-state index contributed by atoms with van der Waals surface area (Å²) in [5.41, 5.74) is 1.02. The summed E-state index contributed by atoms with van der Waals surface area (Å²) in [7, 11) is 5.62.